The maximum Gasteiger partial charge on any atom is 0.269 e. The molecule has 0 aromatic heterocycles. The van der Waals surface area contributed by atoms with E-state index < -0.39 is 0 Å². The lowest BCUT2D eigenvalue weighted by molar-refractivity contribution is 0.0780. The Hall–Kier alpha value is -2.20. The van der Waals surface area contributed by atoms with Crippen LogP contribution in [-0.2, 0) is 0 Å². The Kier molecular flexibility index (Phi) is 4.93. The van der Waals surface area contributed by atoms with Crippen molar-refractivity contribution < 1.29 is 4.79 Å². The molecule has 0 fully saturated rings. The molecule has 0 aliphatic rings. The highest BCUT2D eigenvalue weighted by Crippen LogP contribution is 2.16. The van der Waals surface area contributed by atoms with Gasteiger partial charge in [0.25, 0.3) is 5.91 Å². The molecule has 0 saturated heterocycles. The first kappa shape index (κ1) is 16.2. The van der Waals surface area contributed by atoms with Crippen LogP contribution < -0.4 is 5.43 Å². The molecule has 2 aromatic rings. The third-order valence-corrected chi connectivity index (χ3v) is 3.56. The largest absolute Gasteiger partial charge is 0.269 e. The van der Waals surface area contributed by atoms with Gasteiger partial charge >= 0.3 is 0 Å². The van der Waals surface area contributed by atoms with Gasteiger partial charge < -0.3 is 0 Å². The van der Waals surface area contributed by atoms with Crippen molar-refractivity contribution in [2.75, 3.05) is 0 Å². The van der Waals surface area contributed by atoms with Crippen LogP contribution in [0.25, 0.3) is 0 Å². The van der Waals surface area contributed by atoms with Gasteiger partial charge in [-0.25, -0.2) is 0 Å². The fraction of sp³-hybridized carbons (Fsp3) is 0.222. The summed E-state index contributed by atoms with van der Waals surface area (Å²) in [5.41, 5.74) is 4.10. The number of amides is 1. The van der Waals surface area contributed by atoms with E-state index in [4.69, 9.17) is 12.2 Å². The highest BCUT2D eigenvalue weighted by molar-refractivity contribution is 7.80. The first-order valence-electron chi connectivity index (χ1n) is 7.15. The van der Waals surface area contributed by atoms with E-state index in [0.717, 1.165) is 5.56 Å². The van der Waals surface area contributed by atoms with Crippen LogP contribution in [0.15, 0.2) is 60.7 Å². The number of nitrogens with zero attached hydrogens (tertiary/aromatic N) is 1. The third-order valence-electron chi connectivity index (χ3n) is 3.14. The highest BCUT2D eigenvalue weighted by atomic mass is 32.1. The molecule has 0 saturated carbocycles. The number of benzene rings is 2. The van der Waals surface area contributed by atoms with Crippen molar-refractivity contribution in [2.45, 2.75) is 26.3 Å². The standard InChI is InChI=1S/C18H20N2OS/c1-18(2,3)20(17(22)15-12-8-5-9-13-15)19-16(21)14-10-6-4-7-11-14/h4-13H,1-3H3,(H,19,21). The van der Waals surface area contributed by atoms with E-state index in [1.807, 2.05) is 69.3 Å². The molecule has 22 heavy (non-hydrogen) atoms. The number of carbonyl (C=O) groups is 1. The predicted molar refractivity (Wildman–Crippen MR) is 93.6 cm³/mol. The molecule has 2 aromatic carbocycles. The fourth-order valence-corrected chi connectivity index (χ4v) is 2.44. The lowest BCUT2D eigenvalue weighted by Gasteiger charge is -2.37. The number of nitrogens with one attached hydrogen (secondary N) is 1. The third kappa shape index (κ3) is 3.92. The summed E-state index contributed by atoms with van der Waals surface area (Å²) in [6, 6.07) is 18.8. The summed E-state index contributed by atoms with van der Waals surface area (Å²) >= 11 is 5.57. The maximum absolute atomic E-state index is 12.4. The summed E-state index contributed by atoms with van der Waals surface area (Å²) in [5, 5.41) is 1.74. The SMILES string of the molecule is CC(C)(C)N(NC(=O)c1ccccc1)C(=S)c1ccccc1. The summed E-state index contributed by atoms with van der Waals surface area (Å²) in [5.74, 6) is -0.172. The van der Waals surface area contributed by atoms with Crippen molar-refractivity contribution in [3.63, 3.8) is 0 Å². The first-order chi connectivity index (χ1) is 10.4. The van der Waals surface area contributed by atoms with Crippen molar-refractivity contribution >= 4 is 23.1 Å². The number of hydrazine groups is 1. The molecule has 0 aliphatic carbocycles. The second-order valence-electron chi connectivity index (χ2n) is 5.98. The van der Waals surface area contributed by atoms with Gasteiger partial charge in [-0.2, -0.15) is 0 Å². The van der Waals surface area contributed by atoms with Crippen molar-refractivity contribution in [1.82, 2.24) is 10.4 Å². The highest BCUT2D eigenvalue weighted by Gasteiger charge is 2.26. The number of hydrogen-bond donors (Lipinski definition) is 1. The molecule has 2 rings (SSSR count). The summed E-state index contributed by atoms with van der Waals surface area (Å²) in [6.07, 6.45) is 0. The van der Waals surface area contributed by atoms with Gasteiger partial charge in [0.15, 0.2) is 0 Å². The number of rotatable bonds is 2. The molecule has 0 aliphatic heterocycles. The van der Waals surface area contributed by atoms with Crippen LogP contribution in [0.2, 0.25) is 0 Å². The molecule has 0 atom stereocenters. The molecule has 114 valence electrons. The number of carbonyl (C=O) groups excluding carboxylic acids is 1. The Morgan fingerprint density at radius 1 is 0.909 bits per heavy atom. The Morgan fingerprint density at radius 3 is 1.82 bits per heavy atom. The fourth-order valence-electron chi connectivity index (χ4n) is 1.99. The average Bonchev–Trinajstić information content (AvgIpc) is 2.52. The minimum absolute atomic E-state index is 0.172. The van der Waals surface area contributed by atoms with Crippen LogP contribution in [0.4, 0.5) is 0 Å². The summed E-state index contributed by atoms with van der Waals surface area (Å²) < 4.78 is 0. The molecule has 0 heterocycles. The number of hydrogen-bond acceptors (Lipinski definition) is 2. The van der Waals surface area contributed by atoms with Crippen molar-refractivity contribution in [1.29, 1.82) is 0 Å². The molecule has 0 spiro atoms. The predicted octanol–water partition coefficient (Wildman–Crippen LogP) is 3.81. The van der Waals surface area contributed by atoms with Crippen LogP contribution in [0.3, 0.4) is 0 Å². The van der Waals surface area contributed by atoms with Crippen LogP contribution in [0.5, 0.6) is 0 Å². The zero-order valence-electron chi connectivity index (χ0n) is 13.0. The Bertz CT molecular complexity index is 648. The van der Waals surface area contributed by atoms with Gasteiger partial charge in [0.05, 0.1) is 5.54 Å². The van der Waals surface area contributed by atoms with Crippen LogP contribution in [-0.4, -0.2) is 21.4 Å². The van der Waals surface area contributed by atoms with E-state index in [9.17, 15) is 4.79 Å². The first-order valence-corrected chi connectivity index (χ1v) is 7.56. The van der Waals surface area contributed by atoms with Crippen LogP contribution in [0.1, 0.15) is 36.7 Å². The van der Waals surface area contributed by atoms with E-state index in [2.05, 4.69) is 5.43 Å². The van der Waals surface area contributed by atoms with Crippen molar-refractivity contribution in [3.05, 3.63) is 71.8 Å². The molecule has 1 amide bonds. The molecule has 1 N–H and O–H groups in total. The van der Waals surface area contributed by atoms with Gasteiger partial charge in [-0.15, -0.1) is 0 Å². The molecule has 0 unspecified atom stereocenters. The second kappa shape index (κ2) is 6.71. The molecular weight excluding hydrogens is 292 g/mol. The molecule has 4 heteroatoms. The van der Waals surface area contributed by atoms with Gasteiger partial charge in [0, 0.05) is 11.1 Å². The molecule has 0 radical (unpaired) electrons. The lowest BCUT2D eigenvalue weighted by atomic mass is 10.1. The van der Waals surface area contributed by atoms with Crippen molar-refractivity contribution in [2.24, 2.45) is 0 Å². The quantitative estimate of drug-likeness (QED) is 0.676. The lowest BCUT2D eigenvalue weighted by Crippen LogP contribution is -2.55. The average molecular weight is 312 g/mol. The molecular formula is C18H20N2OS. The van der Waals surface area contributed by atoms with E-state index in [1.165, 1.54) is 0 Å². The van der Waals surface area contributed by atoms with Gasteiger partial charge in [-0.05, 0) is 32.9 Å². The number of thiocarbonyl (C=S) groups is 1. The Balaban J connectivity index is 2.25. The van der Waals surface area contributed by atoms with Gasteiger partial charge in [-0.3, -0.25) is 15.2 Å². The van der Waals surface area contributed by atoms with E-state index >= 15 is 0 Å². The molecule has 0 bridgehead atoms. The van der Waals surface area contributed by atoms with E-state index in [-0.39, 0.29) is 11.4 Å². The van der Waals surface area contributed by atoms with Crippen LogP contribution in [0, 0.1) is 0 Å². The van der Waals surface area contributed by atoms with Crippen LogP contribution >= 0.6 is 12.2 Å². The van der Waals surface area contributed by atoms with Crippen molar-refractivity contribution in [3.8, 4) is 0 Å². The van der Waals surface area contributed by atoms with E-state index in [0.29, 0.717) is 10.6 Å². The Morgan fingerprint density at radius 2 is 1.36 bits per heavy atom. The zero-order valence-corrected chi connectivity index (χ0v) is 13.9. The summed E-state index contributed by atoms with van der Waals surface area (Å²) in [4.78, 5) is 13.0. The molecule has 3 nitrogen and oxygen atoms in total. The zero-order chi connectivity index (χ0) is 16.2. The van der Waals surface area contributed by atoms with Gasteiger partial charge in [0.1, 0.15) is 4.99 Å². The van der Waals surface area contributed by atoms with Gasteiger partial charge in [0.2, 0.25) is 0 Å². The summed E-state index contributed by atoms with van der Waals surface area (Å²) in [7, 11) is 0. The normalized spacial score (nSPS) is 10.9. The maximum atomic E-state index is 12.4. The van der Waals surface area contributed by atoms with Gasteiger partial charge in [-0.1, -0.05) is 60.7 Å². The topological polar surface area (TPSA) is 32.3 Å². The minimum atomic E-state index is -0.336. The second-order valence-corrected chi connectivity index (χ2v) is 6.37. The van der Waals surface area contributed by atoms with E-state index in [1.54, 1.807) is 17.1 Å². The monoisotopic (exact) mass is 312 g/mol. The Labute approximate surface area is 136 Å². The minimum Gasteiger partial charge on any atom is -0.269 e. The smallest absolute Gasteiger partial charge is 0.269 e. The summed E-state index contributed by atoms with van der Waals surface area (Å²) in [6.45, 7) is 6.02.